The third kappa shape index (κ3) is 3.75. The topological polar surface area (TPSA) is 26.0 Å². The first-order valence-corrected chi connectivity index (χ1v) is 9.00. The molecule has 2 unspecified atom stereocenters. The Balaban J connectivity index is 1.96. The highest BCUT2D eigenvalue weighted by atomic mass is 32.2. The van der Waals surface area contributed by atoms with Gasteiger partial charge in [0.2, 0.25) is 0 Å². The summed E-state index contributed by atoms with van der Waals surface area (Å²) in [5.74, 6) is 2.25. The molecule has 0 saturated heterocycles. The van der Waals surface area contributed by atoms with Crippen molar-refractivity contribution < 1.29 is 0 Å². The number of thioether (sulfide) groups is 1. The molecule has 1 aliphatic carbocycles. The number of nitrogens with two attached hydrogens (primary N) is 1. The molecule has 1 saturated carbocycles. The molecular formula is C15H25NS2. The van der Waals surface area contributed by atoms with Crippen LogP contribution >= 0.6 is 23.1 Å². The molecule has 102 valence electrons. The van der Waals surface area contributed by atoms with Crippen LogP contribution in [0.3, 0.4) is 0 Å². The molecule has 18 heavy (non-hydrogen) atoms. The fourth-order valence-corrected chi connectivity index (χ4v) is 5.43. The molecule has 1 aliphatic rings. The highest BCUT2D eigenvalue weighted by Crippen LogP contribution is 2.39. The number of hydrogen-bond acceptors (Lipinski definition) is 3. The summed E-state index contributed by atoms with van der Waals surface area (Å²) in [4.78, 5) is 2.88. The molecule has 2 rings (SSSR count). The molecule has 2 atom stereocenters. The van der Waals surface area contributed by atoms with Gasteiger partial charge >= 0.3 is 0 Å². The van der Waals surface area contributed by atoms with Gasteiger partial charge in [-0.05, 0) is 50.0 Å². The second-order valence-electron chi connectivity index (χ2n) is 5.42. The lowest BCUT2D eigenvalue weighted by Crippen LogP contribution is -2.25. The number of aryl methyl sites for hydroxylation is 1. The quantitative estimate of drug-likeness (QED) is 0.814. The van der Waals surface area contributed by atoms with E-state index in [2.05, 4.69) is 37.7 Å². The van der Waals surface area contributed by atoms with E-state index in [1.807, 2.05) is 11.3 Å². The first-order valence-electron chi connectivity index (χ1n) is 7.14. The van der Waals surface area contributed by atoms with E-state index in [0.29, 0.717) is 11.3 Å². The Morgan fingerprint density at radius 1 is 1.39 bits per heavy atom. The Labute approximate surface area is 120 Å². The first-order chi connectivity index (χ1) is 8.70. The summed E-state index contributed by atoms with van der Waals surface area (Å²) in [5.41, 5.74) is 6.33. The fourth-order valence-electron chi connectivity index (χ4n) is 2.65. The van der Waals surface area contributed by atoms with Crippen molar-refractivity contribution in [2.75, 3.05) is 5.75 Å². The monoisotopic (exact) mass is 283 g/mol. The summed E-state index contributed by atoms with van der Waals surface area (Å²) in [6.07, 6.45) is 6.82. The van der Waals surface area contributed by atoms with E-state index >= 15 is 0 Å². The third-order valence-electron chi connectivity index (χ3n) is 3.89. The van der Waals surface area contributed by atoms with Gasteiger partial charge in [0.05, 0.1) is 5.25 Å². The van der Waals surface area contributed by atoms with Gasteiger partial charge in [0, 0.05) is 15.8 Å². The van der Waals surface area contributed by atoms with Gasteiger partial charge in [0.15, 0.2) is 0 Å². The van der Waals surface area contributed by atoms with E-state index in [-0.39, 0.29) is 0 Å². The van der Waals surface area contributed by atoms with Crippen LogP contribution in [0.5, 0.6) is 0 Å². The molecule has 0 aliphatic heterocycles. The Kier molecular flexibility index (Phi) is 5.58. The molecule has 1 nitrogen and oxygen atoms in total. The van der Waals surface area contributed by atoms with Crippen molar-refractivity contribution in [3.63, 3.8) is 0 Å². The second kappa shape index (κ2) is 6.97. The minimum absolute atomic E-state index is 0.300. The van der Waals surface area contributed by atoms with Crippen molar-refractivity contribution in [2.45, 2.75) is 57.2 Å². The predicted molar refractivity (Wildman–Crippen MR) is 84.5 cm³/mol. The van der Waals surface area contributed by atoms with Crippen LogP contribution in [-0.4, -0.2) is 11.8 Å². The van der Waals surface area contributed by atoms with Crippen molar-refractivity contribution in [1.29, 1.82) is 0 Å². The van der Waals surface area contributed by atoms with E-state index in [4.69, 9.17) is 5.73 Å². The molecule has 0 aromatic carbocycles. The minimum Gasteiger partial charge on any atom is -0.326 e. The molecule has 3 heteroatoms. The van der Waals surface area contributed by atoms with Crippen molar-refractivity contribution >= 4 is 23.1 Å². The van der Waals surface area contributed by atoms with Crippen LogP contribution in [0.4, 0.5) is 0 Å². The normalized spacial score (nSPS) is 20.2. The first kappa shape index (κ1) is 14.4. The Morgan fingerprint density at radius 3 is 2.67 bits per heavy atom. The Morgan fingerprint density at radius 2 is 2.11 bits per heavy atom. The summed E-state index contributed by atoms with van der Waals surface area (Å²) >= 11 is 4.02. The van der Waals surface area contributed by atoms with E-state index in [9.17, 15) is 0 Å². The van der Waals surface area contributed by atoms with Gasteiger partial charge in [0.25, 0.3) is 0 Å². The van der Waals surface area contributed by atoms with Crippen LogP contribution in [0.15, 0.2) is 12.1 Å². The van der Waals surface area contributed by atoms with Crippen molar-refractivity contribution in [2.24, 2.45) is 11.7 Å². The van der Waals surface area contributed by atoms with Gasteiger partial charge in [-0.25, -0.2) is 0 Å². The zero-order valence-electron chi connectivity index (χ0n) is 11.5. The van der Waals surface area contributed by atoms with E-state index in [1.54, 1.807) is 0 Å². The lowest BCUT2D eigenvalue weighted by Gasteiger charge is -2.23. The predicted octanol–water partition coefficient (Wildman–Crippen LogP) is 4.76. The SMILES string of the molecule is CCC(N)C(SCC1CCCC1)c1ccc(C)s1. The van der Waals surface area contributed by atoms with Gasteiger partial charge in [0.1, 0.15) is 0 Å². The molecule has 1 heterocycles. The zero-order valence-corrected chi connectivity index (χ0v) is 13.2. The summed E-state index contributed by atoms with van der Waals surface area (Å²) < 4.78 is 0. The third-order valence-corrected chi connectivity index (χ3v) is 6.75. The van der Waals surface area contributed by atoms with Gasteiger partial charge in [-0.1, -0.05) is 19.8 Å². The molecule has 0 radical (unpaired) electrons. The molecule has 1 fully saturated rings. The smallest absolute Gasteiger partial charge is 0.0542 e. The van der Waals surface area contributed by atoms with Crippen molar-refractivity contribution in [1.82, 2.24) is 0 Å². The zero-order chi connectivity index (χ0) is 13.0. The highest BCUT2D eigenvalue weighted by Gasteiger charge is 2.23. The average Bonchev–Trinajstić information content (AvgIpc) is 3.01. The number of rotatable bonds is 6. The number of hydrogen-bond donors (Lipinski definition) is 1. The average molecular weight is 284 g/mol. The molecule has 0 spiro atoms. The maximum absolute atomic E-state index is 6.33. The summed E-state index contributed by atoms with van der Waals surface area (Å²) in [6.45, 7) is 4.39. The molecule has 0 bridgehead atoms. The number of thiophene rings is 1. The maximum Gasteiger partial charge on any atom is 0.0542 e. The summed E-state index contributed by atoms with van der Waals surface area (Å²) in [7, 11) is 0. The van der Waals surface area contributed by atoms with Crippen molar-refractivity contribution in [3.8, 4) is 0 Å². The van der Waals surface area contributed by atoms with E-state index in [0.717, 1.165) is 12.3 Å². The summed E-state index contributed by atoms with van der Waals surface area (Å²) in [5, 5.41) is 0.509. The largest absolute Gasteiger partial charge is 0.326 e. The minimum atomic E-state index is 0.300. The molecule has 1 aromatic rings. The lowest BCUT2D eigenvalue weighted by molar-refractivity contribution is 0.610. The van der Waals surface area contributed by atoms with E-state index < -0.39 is 0 Å². The van der Waals surface area contributed by atoms with Crippen LogP contribution in [-0.2, 0) is 0 Å². The Bertz CT molecular complexity index is 355. The van der Waals surface area contributed by atoms with Crippen LogP contribution in [0.2, 0.25) is 0 Å². The van der Waals surface area contributed by atoms with Gasteiger partial charge in [-0.15, -0.1) is 11.3 Å². The van der Waals surface area contributed by atoms with Crippen LogP contribution in [0.25, 0.3) is 0 Å². The van der Waals surface area contributed by atoms with E-state index in [1.165, 1.54) is 41.2 Å². The second-order valence-corrected chi connectivity index (χ2v) is 7.92. The lowest BCUT2D eigenvalue weighted by atomic mass is 10.1. The van der Waals surface area contributed by atoms with Gasteiger partial charge in [-0.3, -0.25) is 0 Å². The van der Waals surface area contributed by atoms with Gasteiger partial charge < -0.3 is 5.73 Å². The standard InChI is InChI=1S/C15H25NS2/c1-3-13(16)15(14-9-8-11(2)18-14)17-10-12-6-4-5-7-12/h8-9,12-13,15H,3-7,10,16H2,1-2H3. The van der Waals surface area contributed by atoms with Gasteiger partial charge in [-0.2, -0.15) is 11.8 Å². The summed E-state index contributed by atoms with van der Waals surface area (Å²) in [6, 6.07) is 4.81. The molecule has 2 N–H and O–H groups in total. The van der Waals surface area contributed by atoms with Crippen molar-refractivity contribution in [3.05, 3.63) is 21.9 Å². The van der Waals surface area contributed by atoms with Crippen LogP contribution < -0.4 is 5.73 Å². The fraction of sp³-hybridized carbons (Fsp3) is 0.733. The Hall–Kier alpha value is 0.01000. The molecule has 0 amide bonds. The molecular weight excluding hydrogens is 258 g/mol. The highest BCUT2D eigenvalue weighted by molar-refractivity contribution is 7.99. The van der Waals surface area contributed by atoms with Crippen LogP contribution in [0.1, 0.15) is 54.0 Å². The maximum atomic E-state index is 6.33. The van der Waals surface area contributed by atoms with Crippen LogP contribution in [0, 0.1) is 12.8 Å². The molecule has 1 aromatic heterocycles.